The molecule has 0 saturated heterocycles. The Morgan fingerprint density at radius 1 is 1.18 bits per heavy atom. The SMILES string of the molecule is CC(C)Oc1ccc2cc(C(=O)N(C)C3C[C@H]4CC(O)C[C@H]4C3)c(=O)oc2c1. The summed E-state index contributed by atoms with van der Waals surface area (Å²) in [6.45, 7) is 3.85. The third-order valence-electron chi connectivity index (χ3n) is 6.14. The average Bonchev–Trinajstić information content (AvgIpc) is 3.16. The van der Waals surface area contributed by atoms with Gasteiger partial charge in [-0.15, -0.1) is 0 Å². The molecule has 0 spiro atoms. The Morgan fingerprint density at radius 3 is 2.50 bits per heavy atom. The number of hydrogen-bond donors (Lipinski definition) is 1. The first-order chi connectivity index (χ1) is 13.3. The van der Waals surface area contributed by atoms with Gasteiger partial charge in [-0.1, -0.05) is 0 Å². The van der Waals surface area contributed by atoms with Crippen LogP contribution >= 0.6 is 0 Å². The summed E-state index contributed by atoms with van der Waals surface area (Å²) >= 11 is 0. The number of ether oxygens (including phenoxy) is 1. The number of nitrogens with zero attached hydrogens (tertiary/aromatic N) is 1. The van der Waals surface area contributed by atoms with Gasteiger partial charge in [0.2, 0.25) is 0 Å². The number of rotatable bonds is 4. The molecule has 1 N–H and O–H groups in total. The van der Waals surface area contributed by atoms with Crippen LogP contribution < -0.4 is 10.4 Å². The van der Waals surface area contributed by atoms with E-state index in [-0.39, 0.29) is 29.7 Å². The molecule has 28 heavy (non-hydrogen) atoms. The zero-order valence-electron chi connectivity index (χ0n) is 16.6. The molecular formula is C22H27NO5. The summed E-state index contributed by atoms with van der Waals surface area (Å²) in [6, 6.07) is 7.00. The van der Waals surface area contributed by atoms with E-state index in [9.17, 15) is 14.7 Å². The van der Waals surface area contributed by atoms with E-state index in [0.29, 0.717) is 28.6 Å². The van der Waals surface area contributed by atoms with Crippen LogP contribution in [0, 0.1) is 11.8 Å². The zero-order chi connectivity index (χ0) is 20.0. The largest absolute Gasteiger partial charge is 0.491 e. The Labute approximate surface area is 164 Å². The van der Waals surface area contributed by atoms with Gasteiger partial charge in [0.05, 0.1) is 12.2 Å². The van der Waals surface area contributed by atoms with Gasteiger partial charge in [0, 0.05) is 24.5 Å². The van der Waals surface area contributed by atoms with E-state index >= 15 is 0 Å². The van der Waals surface area contributed by atoms with Crippen LogP contribution in [0.25, 0.3) is 11.0 Å². The summed E-state index contributed by atoms with van der Waals surface area (Å²) in [4.78, 5) is 27.1. The molecule has 0 aliphatic heterocycles. The third kappa shape index (κ3) is 3.53. The van der Waals surface area contributed by atoms with Crippen LogP contribution in [-0.2, 0) is 0 Å². The van der Waals surface area contributed by atoms with Crippen molar-refractivity contribution in [3.63, 3.8) is 0 Å². The standard InChI is InChI=1S/C22H27NO5/c1-12(2)27-18-5-4-13-10-19(22(26)28-20(13)11-18)21(25)23(3)16-6-14-8-17(24)9-15(14)7-16/h4-5,10-12,14-17,24H,6-9H2,1-3H3/t14-,15+,16?,17?. The van der Waals surface area contributed by atoms with Crippen molar-refractivity contribution in [2.75, 3.05) is 7.05 Å². The average molecular weight is 385 g/mol. The quantitative estimate of drug-likeness (QED) is 0.818. The Hall–Kier alpha value is -2.34. The second-order valence-electron chi connectivity index (χ2n) is 8.50. The normalized spacial score (nSPS) is 26.6. The molecule has 2 aliphatic carbocycles. The first kappa shape index (κ1) is 19.0. The smallest absolute Gasteiger partial charge is 0.349 e. The van der Waals surface area contributed by atoms with E-state index < -0.39 is 5.63 Å². The van der Waals surface area contributed by atoms with Crippen LogP contribution in [0.1, 0.15) is 49.9 Å². The van der Waals surface area contributed by atoms with Gasteiger partial charge in [-0.25, -0.2) is 4.79 Å². The first-order valence-electron chi connectivity index (χ1n) is 10.0. The summed E-state index contributed by atoms with van der Waals surface area (Å²) in [5.41, 5.74) is -0.156. The predicted molar refractivity (Wildman–Crippen MR) is 106 cm³/mol. The van der Waals surface area contributed by atoms with Crippen molar-refractivity contribution < 1.29 is 19.1 Å². The van der Waals surface area contributed by atoms with Crippen LogP contribution in [0.5, 0.6) is 5.75 Å². The lowest BCUT2D eigenvalue weighted by Crippen LogP contribution is -2.38. The molecule has 6 nitrogen and oxygen atoms in total. The Morgan fingerprint density at radius 2 is 1.86 bits per heavy atom. The molecule has 2 unspecified atom stereocenters. The maximum Gasteiger partial charge on any atom is 0.349 e. The number of aliphatic hydroxyl groups excluding tert-OH is 1. The lowest BCUT2D eigenvalue weighted by molar-refractivity contribution is 0.0718. The summed E-state index contributed by atoms with van der Waals surface area (Å²) in [5.74, 6) is 1.27. The molecule has 4 rings (SSSR count). The van der Waals surface area contributed by atoms with Crippen molar-refractivity contribution in [2.24, 2.45) is 11.8 Å². The monoisotopic (exact) mass is 385 g/mol. The minimum atomic E-state index is -0.625. The Bertz CT molecular complexity index is 936. The maximum atomic E-state index is 13.0. The van der Waals surface area contributed by atoms with Crippen LogP contribution in [0.2, 0.25) is 0 Å². The number of amides is 1. The summed E-state index contributed by atoms with van der Waals surface area (Å²) in [5, 5.41) is 10.5. The van der Waals surface area contributed by atoms with Crippen molar-refractivity contribution in [1.82, 2.24) is 4.90 Å². The Kier molecular flexibility index (Phi) is 4.91. The van der Waals surface area contributed by atoms with E-state index in [0.717, 1.165) is 25.7 Å². The molecule has 1 heterocycles. The zero-order valence-corrected chi connectivity index (χ0v) is 16.6. The second kappa shape index (κ2) is 7.24. The van der Waals surface area contributed by atoms with E-state index in [2.05, 4.69) is 0 Å². The second-order valence-corrected chi connectivity index (χ2v) is 8.50. The van der Waals surface area contributed by atoms with Crippen molar-refractivity contribution in [1.29, 1.82) is 0 Å². The van der Waals surface area contributed by atoms with E-state index in [1.54, 1.807) is 30.1 Å². The maximum absolute atomic E-state index is 13.0. The fourth-order valence-electron chi connectivity index (χ4n) is 4.81. The van der Waals surface area contributed by atoms with Crippen LogP contribution in [0.15, 0.2) is 33.5 Å². The molecule has 0 bridgehead atoms. The first-order valence-corrected chi connectivity index (χ1v) is 10.0. The molecule has 1 aromatic carbocycles. The van der Waals surface area contributed by atoms with Crippen molar-refractivity contribution in [3.8, 4) is 5.75 Å². The van der Waals surface area contributed by atoms with Gasteiger partial charge in [-0.2, -0.15) is 0 Å². The van der Waals surface area contributed by atoms with Gasteiger partial charge in [-0.3, -0.25) is 4.79 Å². The number of benzene rings is 1. The molecule has 150 valence electrons. The molecule has 2 aromatic rings. The number of carbonyl (C=O) groups excluding carboxylic acids is 1. The molecule has 6 heteroatoms. The number of carbonyl (C=O) groups is 1. The molecule has 1 amide bonds. The minimum Gasteiger partial charge on any atom is -0.491 e. The fourth-order valence-corrected chi connectivity index (χ4v) is 4.81. The number of fused-ring (bicyclic) bond motifs is 2. The lowest BCUT2D eigenvalue weighted by Gasteiger charge is -2.25. The van der Waals surface area contributed by atoms with Gasteiger partial charge < -0.3 is 19.2 Å². The molecule has 4 atom stereocenters. The summed E-state index contributed by atoms with van der Waals surface area (Å²) in [7, 11) is 1.76. The van der Waals surface area contributed by atoms with Gasteiger partial charge >= 0.3 is 5.63 Å². The van der Waals surface area contributed by atoms with E-state index in [1.165, 1.54) is 0 Å². The number of aliphatic hydroxyl groups is 1. The molecule has 1 aromatic heterocycles. The van der Waals surface area contributed by atoms with Gasteiger partial charge in [-0.05, 0) is 69.6 Å². The Balaban J connectivity index is 1.55. The number of hydrogen-bond acceptors (Lipinski definition) is 5. The molecule has 2 aliphatic rings. The highest BCUT2D eigenvalue weighted by Crippen LogP contribution is 2.45. The topological polar surface area (TPSA) is 80.0 Å². The summed E-state index contributed by atoms with van der Waals surface area (Å²) < 4.78 is 11.1. The van der Waals surface area contributed by atoms with Crippen molar-refractivity contribution in [3.05, 3.63) is 40.2 Å². The van der Waals surface area contributed by atoms with Gasteiger partial charge in [0.25, 0.3) is 5.91 Å². The van der Waals surface area contributed by atoms with Crippen molar-refractivity contribution in [2.45, 2.75) is 57.8 Å². The third-order valence-corrected chi connectivity index (χ3v) is 6.14. The van der Waals surface area contributed by atoms with Crippen LogP contribution in [0.4, 0.5) is 0 Å². The fraction of sp³-hybridized carbons (Fsp3) is 0.545. The van der Waals surface area contributed by atoms with Gasteiger partial charge in [0.1, 0.15) is 16.9 Å². The van der Waals surface area contributed by atoms with Crippen LogP contribution in [-0.4, -0.2) is 41.2 Å². The highest BCUT2D eigenvalue weighted by molar-refractivity contribution is 5.96. The highest BCUT2D eigenvalue weighted by atomic mass is 16.5. The molecule has 0 radical (unpaired) electrons. The highest BCUT2D eigenvalue weighted by Gasteiger charge is 2.43. The predicted octanol–water partition coefficient (Wildman–Crippen LogP) is 3.20. The minimum absolute atomic E-state index is 0.0192. The van der Waals surface area contributed by atoms with E-state index in [1.807, 2.05) is 19.9 Å². The van der Waals surface area contributed by atoms with Crippen LogP contribution in [0.3, 0.4) is 0 Å². The lowest BCUT2D eigenvalue weighted by atomic mass is 10.0. The van der Waals surface area contributed by atoms with Gasteiger partial charge in [0.15, 0.2) is 0 Å². The molecular weight excluding hydrogens is 358 g/mol. The van der Waals surface area contributed by atoms with Crippen molar-refractivity contribution >= 4 is 16.9 Å². The summed E-state index contributed by atoms with van der Waals surface area (Å²) in [6.07, 6.45) is 3.24. The molecule has 2 saturated carbocycles. The molecule has 2 fully saturated rings. The van der Waals surface area contributed by atoms with E-state index in [4.69, 9.17) is 9.15 Å².